The Labute approximate surface area is 163 Å². The zero-order valence-electron chi connectivity index (χ0n) is 15.7. The van der Waals surface area contributed by atoms with E-state index in [1.165, 1.54) is 0 Å². The minimum absolute atomic E-state index is 0.151. The number of methoxy groups -OCH3 is 1. The van der Waals surface area contributed by atoms with E-state index < -0.39 is 0 Å². The number of para-hydroxylation sites is 1. The van der Waals surface area contributed by atoms with Crippen LogP contribution in [0.25, 0.3) is 22.2 Å². The van der Waals surface area contributed by atoms with Crippen molar-refractivity contribution in [2.75, 3.05) is 7.11 Å². The number of rotatable bonds is 5. The molecule has 0 aliphatic rings. The van der Waals surface area contributed by atoms with Crippen LogP contribution in [0.2, 0.25) is 0 Å². The Morgan fingerprint density at radius 3 is 2.57 bits per heavy atom. The summed E-state index contributed by atoms with van der Waals surface area (Å²) in [5.74, 6) is 1.33. The van der Waals surface area contributed by atoms with E-state index in [0.29, 0.717) is 17.9 Å². The molecule has 0 saturated carbocycles. The maximum absolute atomic E-state index is 13.1. The second kappa shape index (κ2) is 7.56. The van der Waals surface area contributed by atoms with Crippen molar-refractivity contribution in [3.63, 3.8) is 0 Å². The summed E-state index contributed by atoms with van der Waals surface area (Å²) < 4.78 is 10.6. The topological polar surface area (TPSA) is 64.4 Å². The average molecular weight is 372 g/mol. The fourth-order valence-corrected chi connectivity index (χ4v) is 3.30. The molecule has 0 fully saturated rings. The summed E-state index contributed by atoms with van der Waals surface area (Å²) in [5.41, 5.74) is 3.96. The van der Waals surface area contributed by atoms with Crippen LogP contribution < -0.4 is 10.1 Å². The summed E-state index contributed by atoms with van der Waals surface area (Å²) in [7, 11) is 1.63. The van der Waals surface area contributed by atoms with E-state index in [4.69, 9.17) is 14.1 Å². The number of pyridine rings is 1. The Bertz CT molecular complexity index is 1120. The lowest BCUT2D eigenvalue weighted by Gasteiger charge is -2.15. The Kier molecular flexibility index (Phi) is 4.81. The standard InChI is InChI=1S/C23H20N2O3/c1-15-21(23(26)24-14-18-6-5-13-28-18)19-7-3-4-8-20(19)25-22(15)16-9-11-17(27-2)12-10-16/h3-13H,14H2,1-2H3,(H,24,26). The Hall–Kier alpha value is -3.60. The predicted molar refractivity (Wildman–Crippen MR) is 108 cm³/mol. The number of ether oxygens (including phenoxy) is 1. The molecule has 0 aliphatic carbocycles. The van der Waals surface area contributed by atoms with Crippen LogP contribution in [0.4, 0.5) is 0 Å². The van der Waals surface area contributed by atoms with Crippen molar-refractivity contribution in [3.8, 4) is 17.0 Å². The van der Waals surface area contributed by atoms with Gasteiger partial charge in [0, 0.05) is 10.9 Å². The third kappa shape index (κ3) is 3.34. The van der Waals surface area contributed by atoms with Gasteiger partial charge < -0.3 is 14.5 Å². The number of nitrogens with zero attached hydrogens (tertiary/aromatic N) is 1. The van der Waals surface area contributed by atoms with Crippen molar-refractivity contribution in [1.82, 2.24) is 10.3 Å². The molecule has 5 nitrogen and oxygen atoms in total. The molecule has 28 heavy (non-hydrogen) atoms. The molecule has 0 unspecified atom stereocenters. The van der Waals surface area contributed by atoms with Crippen LogP contribution in [0.5, 0.6) is 5.75 Å². The van der Waals surface area contributed by atoms with Gasteiger partial charge in [-0.25, -0.2) is 4.98 Å². The van der Waals surface area contributed by atoms with Crippen LogP contribution in [-0.2, 0) is 6.54 Å². The molecule has 5 heteroatoms. The van der Waals surface area contributed by atoms with E-state index in [2.05, 4.69) is 5.32 Å². The molecule has 0 saturated heterocycles. The first-order valence-corrected chi connectivity index (χ1v) is 9.01. The second-order valence-corrected chi connectivity index (χ2v) is 6.47. The number of nitrogens with one attached hydrogen (secondary N) is 1. The molecule has 1 amide bonds. The molecule has 0 bridgehead atoms. The molecule has 0 radical (unpaired) electrons. The molecule has 0 spiro atoms. The lowest BCUT2D eigenvalue weighted by atomic mass is 9.97. The van der Waals surface area contributed by atoms with Crippen LogP contribution in [0.15, 0.2) is 71.3 Å². The molecule has 4 rings (SSSR count). The lowest BCUT2D eigenvalue weighted by molar-refractivity contribution is 0.0949. The van der Waals surface area contributed by atoms with Crippen LogP contribution in [-0.4, -0.2) is 18.0 Å². The second-order valence-electron chi connectivity index (χ2n) is 6.47. The first-order valence-electron chi connectivity index (χ1n) is 9.01. The summed E-state index contributed by atoms with van der Waals surface area (Å²) in [5, 5.41) is 3.78. The summed E-state index contributed by atoms with van der Waals surface area (Å²) in [6.07, 6.45) is 1.59. The van der Waals surface area contributed by atoms with Gasteiger partial charge in [-0.05, 0) is 55.0 Å². The highest BCUT2D eigenvalue weighted by Gasteiger charge is 2.19. The largest absolute Gasteiger partial charge is 0.497 e. The number of hydrogen-bond acceptors (Lipinski definition) is 4. The minimum Gasteiger partial charge on any atom is -0.497 e. The van der Waals surface area contributed by atoms with E-state index in [9.17, 15) is 4.79 Å². The fourth-order valence-electron chi connectivity index (χ4n) is 3.30. The van der Waals surface area contributed by atoms with Crippen LogP contribution in [0.3, 0.4) is 0 Å². The van der Waals surface area contributed by atoms with Gasteiger partial charge in [-0.3, -0.25) is 4.79 Å². The van der Waals surface area contributed by atoms with Crippen molar-refractivity contribution in [3.05, 3.63) is 83.8 Å². The first-order chi connectivity index (χ1) is 13.7. The predicted octanol–water partition coefficient (Wildman–Crippen LogP) is 4.74. The van der Waals surface area contributed by atoms with Crippen molar-refractivity contribution in [2.45, 2.75) is 13.5 Å². The highest BCUT2D eigenvalue weighted by atomic mass is 16.5. The number of amides is 1. The molecular formula is C23H20N2O3. The smallest absolute Gasteiger partial charge is 0.252 e. The zero-order chi connectivity index (χ0) is 19.5. The summed E-state index contributed by atoms with van der Waals surface area (Å²) in [6.45, 7) is 2.26. The van der Waals surface area contributed by atoms with Gasteiger partial charge in [-0.15, -0.1) is 0 Å². The molecule has 140 valence electrons. The van der Waals surface area contributed by atoms with Crippen molar-refractivity contribution in [2.24, 2.45) is 0 Å². The van der Waals surface area contributed by atoms with Crippen molar-refractivity contribution in [1.29, 1.82) is 0 Å². The summed E-state index contributed by atoms with van der Waals surface area (Å²) in [4.78, 5) is 17.9. The van der Waals surface area contributed by atoms with Crippen LogP contribution in [0.1, 0.15) is 21.7 Å². The molecule has 2 aromatic carbocycles. The Morgan fingerprint density at radius 2 is 1.86 bits per heavy atom. The highest BCUT2D eigenvalue weighted by Crippen LogP contribution is 2.30. The Balaban J connectivity index is 1.79. The van der Waals surface area contributed by atoms with E-state index in [0.717, 1.165) is 33.5 Å². The van der Waals surface area contributed by atoms with Gasteiger partial charge in [0.15, 0.2) is 0 Å². The number of carbonyl (C=O) groups excluding carboxylic acids is 1. The molecular weight excluding hydrogens is 352 g/mol. The fraction of sp³-hybridized carbons (Fsp3) is 0.130. The van der Waals surface area contributed by atoms with Gasteiger partial charge in [-0.1, -0.05) is 18.2 Å². The van der Waals surface area contributed by atoms with E-state index in [-0.39, 0.29) is 5.91 Å². The SMILES string of the molecule is COc1ccc(-c2nc3ccccc3c(C(=O)NCc3ccco3)c2C)cc1. The average Bonchev–Trinajstić information content (AvgIpc) is 3.25. The molecule has 2 aromatic heterocycles. The highest BCUT2D eigenvalue weighted by molar-refractivity contribution is 6.08. The molecule has 2 heterocycles. The van der Waals surface area contributed by atoms with Gasteiger partial charge in [-0.2, -0.15) is 0 Å². The number of furan rings is 1. The molecule has 4 aromatic rings. The number of benzene rings is 2. The van der Waals surface area contributed by atoms with E-state index >= 15 is 0 Å². The van der Waals surface area contributed by atoms with Gasteiger partial charge >= 0.3 is 0 Å². The first kappa shape index (κ1) is 17.8. The number of aromatic nitrogens is 1. The summed E-state index contributed by atoms with van der Waals surface area (Å²) in [6, 6.07) is 19.0. The number of carbonyl (C=O) groups is 1. The van der Waals surface area contributed by atoms with Gasteiger partial charge in [0.25, 0.3) is 5.91 Å². The summed E-state index contributed by atoms with van der Waals surface area (Å²) >= 11 is 0. The third-order valence-corrected chi connectivity index (χ3v) is 4.73. The quantitative estimate of drug-likeness (QED) is 0.549. The molecule has 0 atom stereocenters. The maximum Gasteiger partial charge on any atom is 0.252 e. The van der Waals surface area contributed by atoms with Gasteiger partial charge in [0.1, 0.15) is 11.5 Å². The van der Waals surface area contributed by atoms with Crippen molar-refractivity contribution < 1.29 is 13.9 Å². The normalized spacial score (nSPS) is 10.8. The van der Waals surface area contributed by atoms with Crippen molar-refractivity contribution >= 4 is 16.8 Å². The lowest BCUT2D eigenvalue weighted by Crippen LogP contribution is -2.24. The van der Waals surface area contributed by atoms with Gasteiger partial charge in [0.2, 0.25) is 0 Å². The van der Waals surface area contributed by atoms with Gasteiger partial charge in [0.05, 0.1) is 36.7 Å². The van der Waals surface area contributed by atoms with Crippen LogP contribution >= 0.6 is 0 Å². The van der Waals surface area contributed by atoms with E-state index in [1.54, 1.807) is 19.4 Å². The number of hydrogen-bond donors (Lipinski definition) is 1. The zero-order valence-corrected chi connectivity index (χ0v) is 15.7. The molecule has 1 N–H and O–H groups in total. The van der Waals surface area contributed by atoms with Crippen LogP contribution in [0, 0.1) is 6.92 Å². The third-order valence-electron chi connectivity index (χ3n) is 4.73. The maximum atomic E-state index is 13.1. The van der Waals surface area contributed by atoms with E-state index in [1.807, 2.05) is 61.5 Å². The Morgan fingerprint density at radius 1 is 1.07 bits per heavy atom. The minimum atomic E-state index is -0.151. The monoisotopic (exact) mass is 372 g/mol. The number of fused-ring (bicyclic) bond motifs is 1. The molecule has 0 aliphatic heterocycles.